The molecule has 0 N–H and O–H groups in total. The van der Waals surface area contributed by atoms with Crippen molar-refractivity contribution < 1.29 is 14.0 Å². The van der Waals surface area contributed by atoms with Gasteiger partial charge in [-0.1, -0.05) is 5.16 Å². The standard InChI is InChI=1S/C9H9NO3/c1-11-7-3-6-5-10-13-9(6)8(4-7)12-2/h3-5H,1-2H3. The summed E-state index contributed by atoms with van der Waals surface area (Å²) in [6, 6.07) is 3.60. The average Bonchev–Trinajstić information content (AvgIpc) is 2.63. The zero-order valence-corrected chi connectivity index (χ0v) is 7.40. The van der Waals surface area contributed by atoms with Crippen LogP contribution in [0.2, 0.25) is 0 Å². The van der Waals surface area contributed by atoms with Gasteiger partial charge in [0, 0.05) is 11.5 Å². The lowest BCUT2D eigenvalue weighted by Gasteiger charge is -2.03. The zero-order chi connectivity index (χ0) is 9.26. The topological polar surface area (TPSA) is 44.5 Å². The molecule has 0 aliphatic heterocycles. The van der Waals surface area contributed by atoms with Gasteiger partial charge in [-0.25, -0.2) is 0 Å². The second kappa shape index (κ2) is 2.97. The molecule has 0 spiro atoms. The third-order valence-corrected chi connectivity index (χ3v) is 1.85. The predicted octanol–water partition coefficient (Wildman–Crippen LogP) is 1.84. The molecule has 13 heavy (non-hydrogen) atoms. The van der Waals surface area contributed by atoms with Gasteiger partial charge in [-0.3, -0.25) is 0 Å². The summed E-state index contributed by atoms with van der Waals surface area (Å²) in [7, 11) is 3.19. The van der Waals surface area contributed by atoms with Gasteiger partial charge in [0.15, 0.2) is 5.75 Å². The predicted molar refractivity (Wildman–Crippen MR) is 47.1 cm³/mol. The van der Waals surface area contributed by atoms with Crippen LogP contribution in [-0.4, -0.2) is 19.4 Å². The quantitative estimate of drug-likeness (QED) is 0.705. The van der Waals surface area contributed by atoms with Gasteiger partial charge >= 0.3 is 0 Å². The average molecular weight is 179 g/mol. The van der Waals surface area contributed by atoms with Crippen LogP contribution in [-0.2, 0) is 0 Å². The number of methoxy groups -OCH3 is 2. The SMILES string of the molecule is COc1cc(OC)c2oncc2c1. The van der Waals surface area contributed by atoms with Crippen LogP contribution >= 0.6 is 0 Å². The fourth-order valence-electron chi connectivity index (χ4n) is 1.20. The largest absolute Gasteiger partial charge is 0.497 e. The summed E-state index contributed by atoms with van der Waals surface area (Å²) in [4.78, 5) is 0. The highest BCUT2D eigenvalue weighted by atomic mass is 16.5. The Kier molecular flexibility index (Phi) is 1.81. The Morgan fingerprint density at radius 3 is 2.77 bits per heavy atom. The van der Waals surface area contributed by atoms with E-state index in [2.05, 4.69) is 5.16 Å². The van der Waals surface area contributed by atoms with Gasteiger partial charge in [0.2, 0.25) is 5.58 Å². The molecular formula is C9H9NO3. The third kappa shape index (κ3) is 1.20. The third-order valence-electron chi connectivity index (χ3n) is 1.85. The van der Waals surface area contributed by atoms with Gasteiger partial charge in [0.25, 0.3) is 0 Å². The van der Waals surface area contributed by atoms with Crippen molar-refractivity contribution in [1.29, 1.82) is 0 Å². The second-order valence-electron chi connectivity index (χ2n) is 2.57. The summed E-state index contributed by atoms with van der Waals surface area (Å²) in [6.07, 6.45) is 1.63. The molecule has 0 radical (unpaired) electrons. The molecule has 0 saturated heterocycles. The normalized spacial score (nSPS) is 10.3. The maximum absolute atomic E-state index is 5.11. The van der Waals surface area contributed by atoms with Crippen molar-refractivity contribution >= 4 is 11.0 Å². The van der Waals surface area contributed by atoms with E-state index in [4.69, 9.17) is 14.0 Å². The Morgan fingerprint density at radius 1 is 1.23 bits per heavy atom. The minimum atomic E-state index is 0.631. The summed E-state index contributed by atoms with van der Waals surface area (Å²) >= 11 is 0. The van der Waals surface area contributed by atoms with E-state index in [1.807, 2.05) is 6.07 Å². The highest BCUT2D eigenvalue weighted by Gasteiger charge is 2.08. The number of benzene rings is 1. The molecule has 0 saturated carbocycles. The number of hydrogen-bond acceptors (Lipinski definition) is 4. The van der Waals surface area contributed by atoms with Crippen LogP contribution in [0.4, 0.5) is 0 Å². The summed E-state index contributed by atoms with van der Waals surface area (Å²) in [5, 5.41) is 4.55. The van der Waals surface area contributed by atoms with Gasteiger partial charge in [0.1, 0.15) is 5.75 Å². The monoisotopic (exact) mass is 179 g/mol. The molecule has 68 valence electrons. The fourth-order valence-corrected chi connectivity index (χ4v) is 1.20. The summed E-state index contributed by atoms with van der Waals surface area (Å²) < 4.78 is 15.2. The minimum Gasteiger partial charge on any atom is -0.497 e. The molecule has 0 amide bonds. The Morgan fingerprint density at radius 2 is 2.08 bits per heavy atom. The maximum Gasteiger partial charge on any atom is 0.208 e. The lowest BCUT2D eigenvalue weighted by atomic mass is 10.2. The van der Waals surface area contributed by atoms with Crippen molar-refractivity contribution in [3.05, 3.63) is 18.3 Å². The van der Waals surface area contributed by atoms with Crippen molar-refractivity contribution in [3.8, 4) is 11.5 Å². The van der Waals surface area contributed by atoms with Gasteiger partial charge in [-0.05, 0) is 6.07 Å². The van der Waals surface area contributed by atoms with Crippen molar-refractivity contribution in [1.82, 2.24) is 5.16 Å². The molecular weight excluding hydrogens is 170 g/mol. The molecule has 0 aliphatic rings. The lowest BCUT2D eigenvalue weighted by Crippen LogP contribution is -1.86. The molecule has 4 nitrogen and oxygen atoms in total. The van der Waals surface area contributed by atoms with Crippen molar-refractivity contribution in [2.24, 2.45) is 0 Å². The van der Waals surface area contributed by atoms with Crippen LogP contribution in [0.3, 0.4) is 0 Å². The van der Waals surface area contributed by atoms with E-state index >= 15 is 0 Å². The fraction of sp³-hybridized carbons (Fsp3) is 0.222. The Bertz CT molecular complexity index is 422. The first-order valence-corrected chi connectivity index (χ1v) is 3.81. The molecule has 4 heteroatoms. The first-order chi connectivity index (χ1) is 6.35. The molecule has 0 unspecified atom stereocenters. The summed E-state index contributed by atoms with van der Waals surface area (Å²) in [5.74, 6) is 1.36. The van der Waals surface area contributed by atoms with Gasteiger partial charge in [-0.2, -0.15) is 0 Å². The molecule has 0 atom stereocenters. The van der Waals surface area contributed by atoms with E-state index in [0.717, 1.165) is 11.1 Å². The van der Waals surface area contributed by atoms with Crippen molar-refractivity contribution in [2.75, 3.05) is 14.2 Å². The Labute approximate surface area is 75.0 Å². The molecule has 2 aromatic rings. The number of hydrogen-bond donors (Lipinski definition) is 0. The van der Waals surface area contributed by atoms with E-state index in [9.17, 15) is 0 Å². The molecule has 2 rings (SSSR count). The van der Waals surface area contributed by atoms with E-state index in [1.165, 1.54) is 0 Å². The van der Waals surface area contributed by atoms with E-state index in [-0.39, 0.29) is 0 Å². The van der Waals surface area contributed by atoms with Crippen LogP contribution in [0.15, 0.2) is 22.9 Å². The van der Waals surface area contributed by atoms with Gasteiger partial charge < -0.3 is 14.0 Å². The molecule has 0 fully saturated rings. The molecule has 1 aromatic heterocycles. The second-order valence-corrected chi connectivity index (χ2v) is 2.57. The zero-order valence-electron chi connectivity index (χ0n) is 7.40. The van der Waals surface area contributed by atoms with Gasteiger partial charge in [0.05, 0.1) is 20.4 Å². The van der Waals surface area contributed by atoms with Gasteiger partial charge in [-0.15, -0.1) is 0 Å². The van der Waals surface area contributed by atoms with Crippen LogP contribution in [0.5, 0.6) is 11.5 Å². The van der Waals surface area contributed by atoms with Crippen molar-refractivity contribution in [2.45, 2.75) is 0 Å². The smallest absolute Gasteiger partial charge is 0.208 e. The first kappa shape index (κ1) is 7.91. The maximum atomic E-state index is 5.11. The number of rotatable bonds is 2. The van der Waals surface area contributed by atoms with E-state index < -0.39 is 0 Å². The Balaban J connectivity index is 2.70. The van der Waals surface area contributed by atoms with Crippen LogP contribution in [0, 0.1) is 0 Å². The number of nitrogens with zero attached hydrogens (tertiary/aromatic N) is 1. The highest BCUT2D eigenvalue weighted by Crippen LogP contribution is 2.30. The first-order valence-electron chi connectivity index (χ1n) is 3.81. The van der Waals surface area contributed by atoms with Crippen LogP contribution < -0.4 is 9.47 Å². The van der Waals surface area contributed by atoms with E-state index in [0.29, 0.717) is 11.3 Å². The Hall–Kier alpha value is -1.71. The minimum absolute atomic E-state index is 0.631. The molecule has 1 aromatic carbocycles. The summed E-state index contributed by atoms with van der Waals surface area (Å²) in [6.45, 7) is 0. The molecule has 0 bridgehead atoms. The van der Waals surface area contributed by atoms with Crippen LogP contribution in [0.1, 0.15) is 0 Å². The number of fused-ring (bicyclic) bond motifs is 1. The number of aromatic nitrogens is 1. The van der Waals surface area contributed by atoms with Crippen LogP contribution in [0.25, 0.3) is 11.0 Å². The summed E-state index contributed by atoms with van der Waals surface area (Å²) in [5.41, 5.74) is 0.642. The highest BCUT2D eigenvalue weighted by molar-refractivity contribution is 5.83. The molecule has 0 aliphatic carbocycles. The number of ether oxygens (including phenoxy) is 2. The molecule has 1 heterocycles. The van der Waals surface area contributed by atoms with E-state index in [1.54, 1.807) is 26.5 Å². The lowest BCUT2D eigenvalue weighted by molar-refractivity contribution is 0.383. The van der Waals surface area contributed by atoms with Crippen molar-refractivity contribution in [3.63, 3.8) is 0 Å².